The summed E-state index contributed by atoms with van der Waals surface area (Å²) in [5, 5.41) is 0.392. The first-order valence-electron chi connectivity index (χ1n) is 7.89. The Kier molecular flexibility index (Phi) is 7.16. The third-order valence-corrected chi connectivity index (χ3v) is 4.15. The zero-order valence-electron chi connectivity index (χ0n) is 13.8. The highest BCUT2D eigenvalue weighted by molar-refractivity contribution is 6.29. The van der Waals surface area contributed by atoms with Gasteiger partial charge in [-0.25, -0.2) is 4.98 Å². The van der Waals surface area contributed by atoms with E-state index in [4.69, 9.17) is 11.6 Å². The van der Waals surface area contributed by atoms with Gasteiger partial charge in [0.05, 0.1) is 0 Å². The topological polar surface area (TPSA) is 33.2 Å². The van der Waals surface area contributed by atoms with E-state index < -0.39 is 0 Å². The molecule has 0 bridgehead atoms. The minimum Gasteiger partial charge on any atom is -0.339 e. The lowest BCUT2D eigenvalue weighted by Gasteiger charge is -2.26. The van der Waals surface area contributed by atoms with Crippen LogP contribution >= 0.6 is 11.6 Å². The second kappa shape index (κ2) is 8.38. The zero-order valence-corrected chi connectivity index (χ0v) is 14.6. The predicted molar refractivity (Wildman–Crippen MR) is 89.0 cm³/mol. The van der Waals surface area contributed by atoms with Gasteiger partial charge in [0.15, 0.2) is 0 Å². The van der Waals surface area contributed by atoms with Gasteiger partial charge in [-0.15, -0.1) is 0 Å². The molecule has 0 unspecified atom stereocenters. The molecule has 1 aromatic rings. The van der Waals surface area contributed by atoms with E-state index in [0.29, 0.717) is 23.2 Å². The van der Waals surface area contributed by atoms with Gasteiger partial charge in [0.25, 0.3) is 5.91 Å². The molecule has 1 aromatic heterocycles. The molecule has 0 fully saturated rings. The van der Waals surface area contributed by atoms with E-state index in [1.165, 1.54) is 0 Å². The van der Waals surface area contributed by atoms with Gasteiger partial charge in [-0.1, -0.05) is 52.1 Å². The summed E-state index contributed by atoms with van der Waals surface area (Å²) >= 11 is 6.06. The molecule has 1 amide bonds. The number of halogens is 1. The molecule has 3 nitrogen and oxygen atoms in total. The summed E-state index contributed by atoms with van der Waals surface area (Å²) in [7, 11) is 0. The summed E-state index contributed by atoms with van der Waals surface area (Å²) in [6, 6.07) is 3.54. The van der Waals surface area contributed by atoms with Gasteiger partial charge in [-0.3, -0.25) is 4.79 Å². The van der Waals surface area contributed by atoms with Crippen molar-refractivity contribution in [3.05, 3.63) is 28.5 Å². The van der Waals surface area contributed by atoms with Gasteiger partial charge in [-0.05, 0) is 30.9 Å². The normalized spacial score (nSPS) is 11.2. The molecule has 21 heavy (non-hydrogen) atoms. The molecule has 118 valence electrons. The van der Waals surface area contributed by atoms with Crippen molar-refractivity contribution < 1.29 is 4.79 Å². The predicted octanol–water partition coefficient (Wildman–Crippen LogP) is 4.76. The summed E-state index contributed by atoms with van der Waals surface area (Å²) in [5.41, 5.74) is 1.51. The molecule has 0 saturated carbocycles. The molecule has 0 spiro atoms. The first-order chi connectivity index (χ1) is 9.92. The van der Waals surface area contributed by atoms with Crippen molar-refractivity contribution in [1.82, 2.24) is 9.88 Å². The second-order valence-corrected chi connectivity index (χ2v) is 6.17. The quantitative estimate of drug-likeness (QED) is 0.680. The third-order valence-electron chi connectivity index (χ3n) is 3.95. The lowest BCUT2D eigenvalue weighted by atomic mass is 10.0. The van der Waals surface area contributed by atoms with Gasteiger partial charge in [0.1, 0.15) is 5.15 Å². The minimum absolute atomic E-state index is 0.0515. The number of carbonyl (C=O) groups is 1. The van der Waals surface area contributed by atoms with E-state index in [9.17, 15) is 4.79 Å². The van der Waals surface area contributed by atoms with Gasteiger partial charge >= 0.3 is 0 Å². The van der Waals surface area contributed by atoms with E-state index in [1.807, 2.05) is 17.9 Å². The maximum atomic E-state index is 12.7. The Morgan fingerprint density at radius 2 is 1.86 bits per heavy atom. The van der Waals surface area contributed by atoms with Crippen molar-refractivity contribution in [2.24, 2.45) is 5.92 Å². The molecule has 0 saturated heterocycles. The largest absolute Gasteiger partial charge is 0.339 e. The average molecular weight is 311 g/mol. The van der Waals surface area contributed by atoms with Crippen molar-refractivity contribution in [2.45, 2.75) is 53.4 Å². The van der Waals surface area contributed by atoms with Crippen LogP contribution in [0.4, 0.5) is 0 Å². The van der Waals surface area contributed by atoms with Crippen LogP contribution in [0.5, 0.6) is 0 Å². The fourth-order valence-corrected chi connectivity index (χ4v) is 2.55. The molecule has 1 rings (SSSR count). The Labute approximate surface area is 133 Å². The first kappa shape index (κ1) is 18.0. The molecular formula is C17H27ClN2O. The molecule has 4 heteroatoms. The monoisotopic (exact) mass is 310 g/mol. The van der Waals surface area contributed by atoms with Crippen LogP contribution < -0.4 is 0 Å². The van der Waals surface area contributed by atoms with Crippen molar-refractivity contribution in [2.75, 3.05) is 13.1 Å². The van der Waals surface area contributed by atoms with Gasteiger partial charge in [0, 0.05) is 24.3 Å². The maximum absolute atomic E-state index is 12.7. The molecule has 0 radical (unpaired) electrons. The van der Waals surface area contributed by atoms with Crippen LogP contribution in [0.1, 0.15) is 69.4 Å². The Bertz CT molecular complexity index is 470. The fraction of sp³-hybridized carbons (Fsp3) is 0.647. The van der Waals surface area contributed by atoms with Crippen LogP contribution in [0.3, 0.4) is 0 Å². The molecule has 0 atom stereocenters. The molecule has 0 aliphatic rings. The molecule has 0 aliphatic heterocycles. The van der Waals surface area contributed by atoms with Gasteiger partial charge < -0.3 is 4.90 Å². The average Bonchev–Trinajstić information content (AvgIpc) is 2.47. The minimum atomic E-state index is 0.0515. The first-order valence-corrected chi connectivity index (χ1v) is 8.27. The molecule has 0 aliphatic carbocycles. The smallest absolute Gasteiger partial charge is 0.254 e. The molecule has 0 aromatic carbocycles. The Hall–Kier alpha value is -1.09. The van der Waals surface area contributed by atoms with Crippen LogP contribution in [0, 0.1) is 5.92 Å². The number of hydrogen-bond donors (Lipinski definition) is 0. The lowest BCUT2D eigenvalue weighted by molar-refractivity contribution is 0.0734. The lowest BCUT2D eigenvalue weighted by Crippen LogP contribution is -2.35. The summed E-state index contributed by atoms with van der Waals surface area (Å²) < 4.78 is 0. The summed E-state index contributed by atoms with van der Waals surface area (Å²) in [5.74, 6) is 0.857. The number of aromatic nitrogens is 1. The van der Waals surface area contributed by atoms with E-state index in [2.05, 4.69) is 32.7 Å². The third kappa shape index (κ3) is 4.99. The van der Waals surface area contributed by atoms with E-state index >= 15 is 0 Å². The van der Waals surface area contributed by atoms with E-state index in [0.717, 1.165) is 25.1 Å². The number of amides is 1. The van der Waals surface area contributed by atoms with E-state index in [-0.39, 0.29) is 11.8 Å². The number of pyridine rings is 1. The van der Waals surface area contributed by atoms with Crippen LogP contribution in [0.15, 0.2) is 12.1 Å². The summed E-state index contributed by atoms with van der Waals surface area (Å²) in [4.78, 5) is 18.9. The second-order valence-electron chi connectivity index (χ2n) is 5.78. The van der Waals surface area contributed by atoms with Gasteiger partial charge in [0.2, 0.25) is 0 Å². The summed E-state index contributed by atoms with van der Waals surface area (Å²) in [6.07, 6.45) is 2.18. The Morgan fingerprint density at radius 1 is 1.24 bits per heavy atom. The van der Waals surface area contributed by atoms with Gasteiger partial charge in [-0.2, -0.15) is 0 Å². The fourth-order valence-electron chi connectivity index (χ4n) is 2.33. The molecule has 1 heterocycles. The highest BCUT2D eigenvalue weighted by Gasteiger charge is 2.19. The highest BCUT2D eigenvalue weighted by Crippen LogP contribution is 2.20. The van der Waals surface area contributed by atoms with Crippen LogP contribution in [-0.2, 0) is 0 Å². The standard InChI is InChI=1S/C17H27ClN2O/c1-6-13(7-2)11-20(8-3)17(21)14-9-15(12(4)5)19-16(18)10-14/h9-10,12-13H,6-8,11H2,1-5H3. The van der Waals surface area contributed by atoms with Crippen LogP contribution in [0.2, 0.25) is 5.15 Å². The molecule has 0 N–H and O–H groups in total. The SMILES string of the molecule is CCC(CC)CN(CC)C(=O)c1cc(Cl)nc(C(C)C)c1. The van der Waals surface area contributed by atoms with Crippen molar-refractivity contribution in [1.29, 1.82) is 0 Å². The number of hydrogen-bond acceptors (Lipinski definition) is 2. The van der Waals surface area contributed by atoms with Crippen molar-refractivity contribution >= 4 is 17.5 Å². The van der Waals surface area contributed by atoms with Crippen LogP contribution in [0.25, 0.3) is 0 Å². The number of nitrogens with zero attached hydrogens (tertiary/aromatic N) is 2. The number of carbonyl (C=O) groups excluding carboxylic acids is 1. The van der Waals surface area contributed by atoms with Crippen molar-refractivity contribution in [3.8, 4) is 0 Å². The zero-order chi connectivity index (χ0) is 16.0. The Balaban J connectivity index is 2.99. The maximum Gasteiger partial charge on any atom is 0.254 e. The van der Waals surface area contributed by atoms with Crippen molar-refractivity contribution in [3.63, 3.8) is 0 Å². The molecular weight excluding hydrogens is 284 g/mol. The number of rotatable bonds is 7. The highest BCUT2D eigenvalue weighted by atomic mass is 35.5. The summed E-state index contributed by atoms with van der Waals surface area (Å²) in [6.45, 7) is 12.0. The van der Waals surface area contributed by atoms with Crippen LogP contribution in [-0.4, -0.2) is 28.9 Å². The Morgan fingerprint density at radius 3 is 2.33 bits per heavy atom. The van der Waals surface area contributed by atoms with E-state index in [1.54, 1.807) is 6.07 Å².